The van der Waals surface area contributed by atoms with Crippen LogP contribution in [-0.4, -0.2) is 29.8 Å². The Kier molecular flexibility index (Phi) is 6.33. The zero-order valence-electron chi connectivity index (χ0n) is 8.00. The smallest absolute Gasteiger partial charge is 0.227 e. The maximum absolute atomic E-state index is 11.6. The minimum atomic E-state index is -0.137. The number of carbonyl (C=O) groups is 1. The number of nitrogens with zero attached hydrogens (tertiary/aromatic N) is 1. The molecule has 74 valence electrons. The summed E-state index contributed by atoms with van der Waals surface area (Å²) in [6, 6.07) is 0. The van der Waals surface area contributed by atoms with Gasteiger partial charge in [0.15, 0.2) is 0 Å². The van der Waals surface area contributed by atoms with Crippen LogP contribution in [0.4, 0.5) is 0 Å². The molecule has 0 rings (SSSR count). The lowest BCUT2D eigenvalue weighted by atomic mass is 10.2. The van der Waals surface area contributed by atoms with Crippen LogP contribution in [0.3, 0.4) is 0 Å². The summed E-state index contributed by atoms with van der Waals surface area (Å²) in [5.41, 5.74) is 0. The fraction of sp³-hybridized carbons (Fsp3) is 0.500. The van der Waals surface area contributed by atoms with Crippen molar-refractivity contribution in [3.8, 4) is 0 Å². The lowest BCUT2D eigenvalue weighted by Gasteiger charge is -2.22. The quantitative estimate of drug-likeness (QED) is 0.476. The first-order valence-corrected chi connectivity index (χ1v) is 4.77. The molecule has 0 aromatic rings. The fourth-order valence-electron chi connectivity index (χ4n) is 0.944. The van der Waals surface area contributed by atoms with Gasteiger partial charge in [-0.3, -0.25) is 4.79 Å². The maximum Gasteiger partial charge on any atom is 0.227 e. The molecule has 3 heteroatoms. The normalized spacial score (nSPS) is 11.8. The monoisotopic (exact) mass is 201 g/mol. The van der Waals surface area contributed by atoms with Crippen molar-refractivity contribution in [1.82, 2.24) is 4.90 Å². The average molecular weight is 202 g/mol. The molecule has 0 aliphatic rings. The van der Waals surface area contributed by atoms with Crippen LogP contribution in [0.25, 0.3) is 0 Å². The third-order valence-corrected chi connectivity index (χ3v) is 2.13. The molecule has 0 aromatic carbocycles. The fourth-order valence-corrected chi connectivity index (χ4v) is 1.08. The number of halogens is 1. The highest BCUT2D eigenvalue weighted by Crippen LogP contribution is 2.04. The van der Waals surface area contributed by atoms with Gasteiger partial charge in [-0.15, -0.1) is 24.8 Å². The molecule has 0 fully saturated rings. The second-order valence-electron chi connectivity index (χ2n) is 2.88. The molecule has 0 aromatic heterocycles. The Morgan fingerprint density at radius 3 is 2.23 bits per heavy atom. The van der Waals surface area contributed by atoms with E-state index in [4.69, 9.17) is 11.6 Å². The lowest BCUT2D eigenvalue weighted by molar-refractivity contribution is -0.133. The molecule has 1 atom stereocenters. The average Bonchev–Trinajstić information content (AvgIpc) is 2.15. The molecule has 0 spiro atoms. The number of alkyl halides is 1. The largest absolute Gasteiger partial charge is 0.335 e. The van der Waals surface area contributed by atoms with Gasteiger partial charge in [0, 0.05) is 24.9 Å². The van der Waals surface area contributed by atoms with E-state index in [1.165, 1.54) is 0 Å². The van der Waals surface area contributed by atoms with Crippen LogP contribution < -0.4 is 0 Å². The van der Waals surface area contributed by atoms with Crippen LogP contribution in [0, 0.1) is 5.92 Å². The standard InChI is InChI=1S/C10H16ClNO/c1-4-6-12(7-5-2)10(13)9(3)8-11/h4-5,9H,1-2,6-8H2,3H3. The number of hydrogen-bond donors (Lipinski definition) is 0. The summed E-state index contributed by atoms with van der Waals surface area (Å²) in [6.07, 6.45) is 3.39. The van der Waals surface area contributed by atoms with E-state index < -0.39 is 0 Å². The zero-order valence-corrected chi connectivity index (χ0v) is 8.76. The van der Waals surface area contributed by atoms with Gasteiger partial charge >= 0.3 is 0 Å². The first kappa shape index (κ1) is 12.2. The molecular weight excluding hydrogens is 186 g/mol. The third-order valence-electron chi connectivity index (χ3n) is 1.66. The molecule has 0 N–H and O–H groups in total. The van der Waals surface area contributed by atoms with Gasteiger partial charge in [0.1, 0.15) is 0 Å². The van der Waals surface area contributed by atoms with E-state index in [1.807, 2.05) is 6.92 Å². The van der Waals surface area contributed by atoms with Crippen LogP contribution in [0.15, 0.2) is 25.3 Å². The van der Waals surface area contributed by atoms with Gasteiger partial charge < -0.3 is 4.90 Å². The lowest BCUT2D eigenvalue weighted by Crippen LogP contribution is -2.36. The van der Waals surface area contributed by atoms with Gasteiger partial charge in [-0.05, 0) is 0 Å². The second kappa shape index (κ2) is 6.72. The first-order valence-electron chi connectivity index (χ1n) is 4.23. The summed E-state index contributed by atoms with van der Waals surface area (Å²) >= 11 is 5.59. The molecule has 13 heavy (non-hydrogen) atoms. The summed E-state index contributed by atoms with van der Waals surface area (Å²) in [5, 5.41) is 0. The Bertz CT molecular complexity index is 181. The van der Waals surface area contributed by atoms with Crippen molar-refractivity contribution in [3.63, 3.8) is 0 Å². The van der Waals surface area contributed by atoms with Crippen molar-refractivity contribution in [2.45, 2.75) is 6.92 Å². The van der Waals surface area contributed by atoms with Crippen LogP contribution in [0.1, 0.15) is 6.92 Å². The van der Waals surface area contributed by atoms with Crippen molar-refractivity contribution in [2.75, 3.05) is 19.0 Å². The van der Waals surface area contributed by atoms with E-state index in [0.717, 1.165) is 0 Å². The van der Waals surface area contributed by atoms with Crippen LogP contribution in [0.2, 0.25) is 0 Å². The topological polar surface area (TPSA) is 20.3 Å². The van der Waals surface area contributed by atoms with Gasteiger partial charge in [-0.25, -0.2) is 0 Å². The van der Waals surface area contributed by atoms with Crippen molar-refractivity contribution >= 4 is 17.5 Å². The molecule has 0 bridgehead atoms. The minimum absolute atomic E-state index is 0.0507. The van der Waals surface area contributed by atoms with Crippen LogP contribution in [0.5, 0.6) is 0 Å². The highest BCUT2D eigenvalue weighted by atomic mass is 35.5. The van der Waals surface area contributed by atoms with Gasteiger partial charge in [-0.2, -0.15) is 0 Å². The molecule has 0 radical (unpaired) electrons. The van der Waals surface area contributed by atoms with Crippen molar-refractivity contribution < 1.29 is 4.79 Å². The summed E-state index contributed by atoms with van der Waals surface area (Å²) < 4.78 is 0. The minimum Gasteiger partial charge on any atom is -0.335 e. The Morgan fingerprint density at radius 2 is 1.92 bits per heavy atom. The molecule has 0 saturated carbocycles. The molecule has 0 aliphatic heterocycles. The summed E-state index contributed by atoms with van der Waals surface area (Å²) in [6.45, 7) is 10.1. The van der Waals surface area contributed by atoms with E-state index in [-0.39, 0.29) is 11.8 Å². The molecule has 0 heterocycles. The van der Waals surface area contributed by atoms with Crippen molar-refractivity contribution in [1.29, 1.82) is 0 Å². The summed E-state index contributed by atoms with van der Waals surface area (Å²) in [5.74, 6) is 0.264. The molecule has 0 aliphatic carbocycles. The number of carbonyl (C=O) groups excluding carboxylic acids is 1. The third kappa shape index (κ3) is 4.13. The molecule has 0 saturated heterocycles. The Morgan fingerprint density at radius 1 is 1.46 bits per heavy atom. The van der Waals surface area contributed by atoms with Crippen LogP contribution >= 0.6 is 11.6 Å². The Hall–Kier alpha value is -0.760. The van der Waals surface area contributed by atoms with Gasteiger partial charge in [0.25, 0.3) is 0 Å². The highest BCUT2D eigenvalue weighted by Gasteiger charge is 2.17. The first-order chi connectivity index (χ1) is 6.17. The van der Waals surface area contributed by atoms with Gasteiger partial charge in [-0.1, -0.05) is 19.1 Å². The second-order valence-corrected chi connectivity index (χ2v) is 3.18. The van der Waals surface area contributed by atoms with Crippen LogP contribution in [-0.2, 0) is 4.79 Å². The van der Waals surface area contributed by atoms with Crippen molar-refractivity contribution in [3.05, 3.63) is 25.3 Å². The molecule has 2 nitrogen and oxygen atoms in total. The SMILES string of the molecule is C=CCN(CC=C)C(=O)C(C)CCl. The predicted molar refractivity (Wildman–Crippen MR) is 56.9 cm³/mol. The van der Waals surface area contributed by atoms with E-state index in [2.05, 4.69) is 13.2 Å². The van der Waals surface area contributed by atoms with Gasteiger partial charge in [0.05, 0.1) is 0 Å². The molecular formula is C10H16ClNO. The van der Waals surface area contributed by atoms with Gasteiger partial charge in [0.2, 0.25) is 5.91 Å². The zero-order chi connectivity index (χ0) is 10.3. The Balaban J connectivity index is 4.25. The van der Waals surface area contributed by atoms with E-state index >= 15 is 0 Å². The highest BCUT2D eigenvalue weighted by molar-refractivity contribution is 6.19. The number of amides is 1. The molecule has 1 unspecified atom stereocenters. The summed E-state index contributed by atoms with van der Waals surface area (Å²) in [7, 11) is 0. The molecule has 1 amide bonds. The van der Waals surface area contributed by atoms with E-state index in [0.29, 0.717) is 19.0 Å². The maximum atomic E-state index is 11.6. The Labute approximate surface area is 84.9 Å². The van der Waals surface area contributed by atoms with Crippen molar-refractivity contribution in [2.24, 2.45) is 5.92 Å². The van der Waals surface area contributed by atoms with E-state index in [1.54, 1.807) is 17.1 Å². The summed E-state index contributed by atoms with van der Waals surface area (Å²) in [4.78, 5) is 13.3. The predicted octanol–water partition coefficient (Wildman–Crippen LogP) is 2.06. The van der Waals surface area contributed by atoms with E-state index in [9.17, 15) is 4.79 Å². The number of rotatable bonds is 6. The number of hydrogen-bond acceptors (Lipinski definition) is 1.